The Labute approximate surface area is 170 Å². The Bertz CT molecular complexity index is 931. The van der Waals surface area contributed by atoms with Crippen molar-refractivity contribution >= 4 is 5.96 Å². The van der Waals surface area contributed by atoms with Gasteiger partial charge < -0.3 is 24.5 Å². The summed E-state index contributed by atoms with van der Waals surface area (Å²) in [5, 5.41) is 11.6. The lowest BCUT2D eigenvalue weighted by Gasteiger charge is -2.21. The van der Waals surface area contributed by atoms with Crippen molar-refractivity contribution in [3.05, 3.63) is 54.0 Å². The lowest BCUT2D eigenvalue weighted by molar-refractivity contribution is 0.202. The predicted octanol–water partition coefficient (Wildman–Crippen LogP) is 1.74. The summed E-state index contributed by atoms with van der Waals surface area (Å²) in [6, 6.07) is 10.1. The van der Waals surface area contributed by atoms with E-state index in [1.165, 1.54) is 0 Å². The maximum absolute atomic E-state index is 5.15. The number of ether oxygens (including phenoxy) is 1. The molecule has 0 unspecified atom stereocenters. The number of hydrogen-bond donors (Lipinski definition) is 2. The number of rotatable bonds is 8. The molecule has 9 nitrogen and oxygen atoms in total. The molecule has 0 aliphatic carbocycles. The maximum Gasteiger partial charge on any atom is 0.194 e. The number of nitrogens with zero attached hydrogens (tertiary/aromatic N) is 6. The highest BCUT2D eigenvalue weighted by Gasteiger charge is 2.11. The standard InChI is InChI=1S/C20H28N8O/c1-15-25-26-19(28(15)3)13-23-20(21-10-11-29-4)27(2)14-18-22-12-17(24-18)16-8-6-5-7-9-16/h5-9,12H,10-11,13-14H2,1-4H3,(H,21,23)(H,22,24). The number of nitrogens with one attached hydrogen (secondary N) is 2. The smallest absolute Gasteiger partial charge is 0.194 e. The van der Waals surface area contributed by atoms with Crippen LogP contribution in [0.25, 0.3) is 11.3 Å². The molecule has 0 saturated heterocycles. The number of H-pyrrole nitrogens is 1. The molecular weight excluding hydrogens is 368 g/mol. The second-order valence-electron chi connectivity index (χ2n) is 6.75. The predicted molar refractivity (Wildman–Crippen MR) is 112 cm³/mol. The van der Waals surface area contributed by atoms with E-state index >= 15 is 0 Å². The van der Waals surface area contributed by atoms with Crippen LogP contribution in [0.15, 0.2) is 41.5 Å². The Balaban J connectivity index is 1.70. The quantitative estimate of drug-likeness (QED) is 0.342. The number of guanidine groups is 1. The molecule has 9 heteroatoms. The molecule has 3 rings (SSSR count). The highest BCUT2D eigenvalue weighted by molar-refractivity contribution is 5.79. The van der Waals surface area contributed by atoms with Gasteiger partial charge in [0.15, 0.2) is 11.8 Å². The molecule has 3 aromatic rings. The largest absolute Gasteiger partial charge is 0.383 e. The van der Waals surface area contributed by atoms with Crippen LogP contribution in [0, 0.1) is 6.92 Å². The molecule has 29 heavy (non-hydrogen) atoms. The Morgan fingerprint density at radius 1 is 1.28 bits per heavy atom. The van der Waals surface area contributed by atoms with Gasteiger partial charge in [-0.25, -0.2) is 9.98 Å². The van der Waals surface area contributed by atoms with E-state index in [1.54, 1.807) is 7.11 Å². The van der Waals surface area contributed by atoms with E-state index in [2.05, 4.69) is 37.6 Å². The molecule has 0 fully saturated rings. The Morgan fingerprint density at radius 3 is 2.76 bits per heavy atom. The van der Waals surface area contributed by atoms with Crippen LogP contribution in [0.3, 0.4) is 0 Å². The van der Waals surface area contributed by atoms with Crippen LogP contribution < -0.4 is 5.32 Å². The van der Waals surface area contributed by atoms with Gasteiger partial charge in [-0.05, 0) is 12.5 Å². The average molecular weight is 396 g/mol. The molecule has 0 aliphatic rings. The Morgan fingerprint density at radius 2 is 2.07 bits per heavy atom. The van der Waals surface area contributed by atoms with Gasteiger partial charge in [-0.2, -0.15) is 0 Å². The SMILES string of the molecule is COCCNC(=NCc1nnc(C)n1C)N(C)Cc1ncc(-c2ccccc2)[nH]1. The number of aliphatic imine (C=N–C) groups is 1. The second kappa shape index (κ2) is 9.83. The second-order valence-corrected chi connectivity index (χ2v) is 6.75. The molecule has 1 aromatic carbocycles. The molecular formula is C20H28N8O. The minimum atomic E-state index is 0.435. The fraction of sp³-hybridized carbons (Fsp3) is 0.400. The highest BCUT2D eigenvalue weighted by atomic mass is 16.5. The van der Waals surface area contributed by atoms with Gasteiger partial charge in [-0.15, -0.1) is 10.2 Å². The van der Waals surface area contributed by atoms with E-state index in [1.807, 2.05) is 54.9 Å². The average Bonchev–Trinajstić information content (AvgIpc) is 3.32. The van der Waals surface area contributed by atoms with Crippen molar-refractivity contribution in [2.24, 2.45) is 12.0 Å². The molecule has 0 saturated carbocycles. The molecule has 0 bridgehead atoms. The monoisotopic (exact) mass is 396 g/mol. The van der Waals surface area contributed by atoms with E-state index in [9.17, 15) is 0 Å². The summed E-state index contributed by atoms with van der Waals surface area (Å²) in [6.07, 6.45) is 1.86. The van der Waals surface area contributed by atoms with Crippen LogP contribution in [0.4, 0.5) is 0 Å². The molecule has 0 atom stereocenters. The summed E-state index contributed by atoms with van der Waals surface area (Å²) in [5.74, 6) is 3.29. The third-order valence-electron chi connectivity index (χ3n) is 4.60. The number of benzene rings is 1. The van der Waals surface area contributed by atoms with Gasteiger partial charge >= 0.3 is 0 Å². The van der Waals surface area contributed by atoms with Crippen molar-refractivity contribution < 1.29 is 4.74 Å². The van der Waals surface area contributed by atoms with Crippen molar-refractivity contribution in [3.63, 3.8) is 0 Å². The summed E-state index contributed by atoms with van der Waals surface area (Å²) in [4.78, 5) is 14.6. The van der Waals surface area contributed by atoms with Crippen LogP contribution in [0.5, 0.6) is 0 Å². The molecule has 0 amide bonds. The fourth-order valence-corrected chi connectivity index (χ4v) is 2.82. The van der Waals surface area contributed by atoms with Gasteiger partial charge in [0.25, 0.3) is 0 Å². The zero-order valence-electron chi connectivity index (χ0n) is 17.4. The molecule has 0 aliphatic heterocycles. The first-order valence-electron chi connectivity index (χ1n) is 9.51. The van der Waals surface area contributed by atoms with Crippen molar-refractivity contribution in [1.82, 2.24) is 34.9 Å². The first-order chi connectivity index (χ1) is 14.1. The Kier molecular flexibility index (Phi) is 6.96. The van der Waals surface area contributed by atoms with Crippen molar-refractivity contribution in [2.75, 3.05) is 27.3 Å². The molecule has 0 radical (unpaired) electrons. The van der Waals surface area contributed by atoms with Crippen LogP contribution in [0.1, 0.15) is 17.5 Å². The number of hydrogen-bond acceptors (Lipinski definition) is 5. The summed E-state index contributed by atoms with van der Waals surface area (Å²) in [7, 11) is 5.60. The van der Waals surface area contributed by atoms with Crippen molar-refractivity contribution in [1.29, 1.82) is 0 Å². The number of aromatic amines is 1. The normalized spacial score (nSPS) is 11.7. The fourth-order valence-electron chi connectivity index (χ4n) is 2.82. The van der Waals surface area contributed by atoms with Crippen molar-refractivity contribution in [3.8, 4) is 11.3 Å². The molecule has 2 N–H and O–H groups in total. The lowest BCUT2D eigenvalue weighted by Crippen LogP contribution is -2.40. The third-order valence-corrected chi connectivity index (χ3v) is 4.60. The van der Waals surface area contributed by atoms with E-state index in [-0.39, 0.29) is 0 Å². The molecule has 2 aromatic heterocycles. The van der Waals surface area contributed by atoms with Gasteiger partial charge in [0.05, 0.1) is 25.0 Å². The zero-order chi connectivity index (χ0) is 20.6. The van der Waals surface area contributed by atoms with Gasteiger partial charge in [0.1, 0.15) is 18.2 Å². The van der Waals surface area contributed by atoms with E-state index < -0.39 is 0 Å². The Hall–Kier alpha value is -3.20. The summed E-state index contributed by atoms with van der Waals surface area (Å²) >= 11 is 0. The van der Waals surface area contributed by atoms with Crippen LogP contribution in [-0.4, -0.2) is 62.9 Å². The van der Waals surface area contributed by atoms with E-state index in [4.69, 9.17) is 9.73 Å². The maximum atomic E-state index is 5.15. The summed E-state index contributed by atoms with van der Waals surface area (Å²) < 4.78 is 7.09. The topological polar surface area (TPSA) is 96.2 Å². The van der Waals surface area contributed by atoms with E-state index in [0.29, 0.717) is 26.2 Å². The van der Waals surface area contributed by atoms with Crippen molar-refractivity contribution in [2.45, 2.75) is 20.0 Å². The minimum Gasteiger partial charge on any atom is -0.383 e. The number of imidazole rings is 1. The lowest BCUT2D eigenvalue weighted by atomic mass is 10.2. The van der Waals surface area contributed by atoms with Crippen LogP contribution in [-0.2, 0) is 24.9 Å². The van der Waals surface area contributed by atoms with Crippen LogP contribution >= 0.6 is 0 Å². The van der Waals surface area contributed by atoms with Crippen LogP contribution in [0.2, 0.25) is 0 Å². The number of aromatic nitrogens is 5. The first kappa shape index (κ1) is 20.5. The molecule has 154 valence electrons. The minimum absolute atomic E-state index is 0.435. The molecule has 2 heterocycles. The first-order valence-corrected chi connectivity index (χ1v) is 9.51. The molecule has 0 spiro atoms. The van der Waals surface area contributed by atoms with Gasteiger partial charge in [0, 0.05) is 27.7 Å². The number of methoxy groups -OCH3 is 1. The zero-order valence-corrected chi connectivity index (χ0v) is 17.4. The summed E-state index contributed by atoms with van der Waals surface area (Å²) in [5.41, 5.74) is 2.10. The number of aryl methyl sites for hydroxylation is 1. The van der Waals surface area contributed by atoms with E-state index in [0.717, 1.165) is 34.7 Å². The van der Waals surface area contributed by atoms with Gasteiger partial charge in [-0.3, -0.25) is 0 Å². The third kappa shape index (κ3) is 5.41. The summed E-state index contributed by atoms with van der Waals surface area (Å²) in [6.45, 7) is 4.19. The van der Waals surface area contributed by atoms with Gasteiger partial charge in [0.2, 0.25) is 0 Å². The van der Waals surface area contributed by atoms with Gasteiger partial charge in [-0.1, -0.05) is 30.3 Å². The highest BCUT2D eigenvalue weighted by Crippen LogP contribution is 2.16.